The molecule has 11 heteroatoms. The maximum Gasteiger partial charge on any atom is 0.296 e. The first-order chi connectivity index (χ1) is 13.3. The molecule has 2 heterocycles. The molecule has 3 rings (SSSR count). The Morgan fingerprint density at radius 3 is 2.75 bits per heavy atom. The third-order valence-corrected chi connectivity index (χ3v) is 4.71. The van der Waals surface area contributed by atoms with Gasteiger partial charge in [0.1, 0.15) is 12.5 Å². The molecule has 1 aromatic carbocycles. The summed E-state index contributed by atoms with van der Waals surface area (Å²) in [5.41, 5.74) is -0.261. The van der Waals surface area contributed by atoms with E-state index in [1.165, 1.54) is 0 Å². The molecule has 2 aromatic rings. The van der Waals surface area contributed by atoms with Gasteiger partial charge in [-0.2, -0.15) is 0 Å². The number of fused-ring (bicyclic) bond motifs is 1. The zero-order valence-electron chi connectivity index (χ0n) is 15.5. The molecular formula is C17H21N3O7S. The molecule has 1 unspecified atom stereocenters. The number of carbonyl (C=O) groups is 1. The Morgan fingerprint density at radius 2 is 2.11 bits per heavy atom. The second-order valence-corrected chi connectivity index (χ2v) is 8.31. The van der Waals surface area contributed by atoms with Crippen molar-refractivity contribution >= 4 is 26.6 Å². The van der Waals surface area contributed by atoms with E-state index in [0.717, 1.165) is 15.9 Å². The minimum Gasteiger partial charge on any atom is -0.409 e. The summed E-state index contributed by atoms with van der Waals surface area (Å²) in [4.78, 5) is 36.6. The van der Waals surface area contributed by atoms with Crippen molar-refractivity contribution in [3.8, 4) is 0 Å². The number of aromatic nitrogens is 2. The Bertz CT molecular complexity index is 1030. The molecule has 28 heavy (non-hydrogen) atoms. The Morgan fingerprint density at radius 1 is 1.36 bits per heavy atom. The normalized spacial score (nSPS) is 17.4. The highest BCUT2D eigenvalue weighted by molar-refractivity contribution is 7.90. The summed E-state index contributed by atoms with van der Waals surface area (Å²) in [6.45, 7) is 2.32. The van der Waals surface area contributed by atoms with Crippen LogP contribution in [0.15, 0.2) is 29.1 Å². The maximum absolute atomic E-state index is 13.2. The van der Waals surface area contributed by atoms with Crippen molar-refractivity contribution in [1.82, 2.24) is 14.6 Å². The van der Waals surface area contributed by atoms with Crippen LogP contribution in [-0.2, 0) is 19.3 Å². The highest BCUT2D eigenvalue weighted by Crippen LogP contribution is 2.15. The number of sulfone groups is 1. The molecule has 1 atom stereocenters. The molecule has 1 aliphatic heterocycles. The summed E-state index contributed by atoms with van der Waals surface area (Å²) in [6.07, 6.45) is 0.0786. The molecule has 1 aliphatic rings. The van der Waals surface area contributed by atoms with Crippen molar-refractivity contribution < 1.29 is 27.5 Å². The van der Waals surface area contributed by atoms with Gasteiger partial charge in [0, 0.05) is 6.26 Å². The monoisotopic (exact) mass is 411 g/mol. The predicted molar refractivity (Wildman–Crippen MR) is 99.6 cm³/mol. The minimum atomic E-state index is -3.59. The molecular weight excluding hydrogens is 390 g/mol. The van der Waals surface area contributed by atoms with Gasteiger partial charge in [-0.3, -0.25) is 14.5 Å². The fourth-order valence-electron chi connectivity index (χ4n) is 2.81. The molecule has 0 aliphatic carbocycles. The van der Waals surface area contributed by atoms with Gasteiger partial charge < -0.3 is 14.3 Å². The number of ether oxygens (including phenoxy) is 2. The van der Waals surface area contributed by atoms with E-state index in [2.05, 4.69) is 4.98 Å². The molecule has 0 bridgehead atoms. The van der Waals surface area contributed by atoms with E-state index in [1.807, 2.05) is 0 Å². The largest absolute Gasteiger partial charge is 0.409 e. The second kappa shape index (κ2) is 8.25. The number of hydrogen-bond donors (Lipinski definition) is 0. The van der Waals surface area contributed by atoms with Gasteiger partial charge in [0.2, 0.25) is 5.82 Å². The van der Waals surface area contributed by atoms with Crippen molar-refractivity contribution in [2.24, 2.45) is 0 Å². The molecule has 0 spiro atoms. The Balaban J connectivity index is 2.12. The second-order valence-electron chi connectivity index (χ2n) is 6.20. The molecule has 10 nitrogen and oxygen atoms in total. The van der Waals surface area contributed by atoms with E-state index in [-0.39, 0.29) is 31.0 Å². The van der Waals surface area contributed by atoms with Crippen molar-refractivity contribution in [1.29, 1.82) is 0 Å². The summed E-state index contributed by atoms with van der Waals surface area (Å²) in [5.74, 6) is -1.75. The standard InChI is InChI=1S/C17H21N3O7S/c1-3-27-20-15(18-13-7-5-4-6-12(13)16(20)21)17(22)19(11-28(2,23)24)14-10-25-8-9-26-14/h4-7,14H,3,8-11H2,1-2H3. The Labute approximate surface area is 161 Å². The van der Waals surface area contributed by atoms with Gasteiger partial charge in [-0.1, -0.05) is 12.1 Å². The third-order valence-electron chi connectivity index (χ3n) is 3.97. The van der Waals surface area contributed by atoms with Crippen LogP contribution >= 0.6 is 0 Å². The highest BCUT2D eigenvalue weighted by atomic mass is 32.2. The molecule has 1 fully saturated rings. The first-order valence-corrected chi connectivity index (χ1v) is 10.7. The average Bonchev–Trinajstić information content (AvgIpc) is 2.68. The smallest absolute Gasteiger partial charge is 0.296 e. The van der Waals surface area contributed by atoms with E-state index in [4.69, 9.17) is 14.3 Å². The van der Waals surface area contributed by atoms with E-state index in [9.17, 15) is 18.0 Å². The molecule has 0 saturated carbocycles. The van der Waals surface area contributed by atoms with Crippen molar-refractivity contribution in [3.63, 3.8) is 0 Å². The number of carbonyl (C=O) groups excluding carboxylic acids is 1. The molecule has 152 valence electrons. The van der Waals surface area contributed by atoms with Crippen LogP contribution in [0.25, 0.3) is 10.9 Å². The number of rotatable bonds is 6. The fraction of sp³-hybridized carbons (Fsp3) is 0.471. The minimum absolute atomic E-state index is 0.00765. The third kappa shape index (κ3) is 4.32. The molecule has 1 aromatic heterocycles. The number of benzene rings is 1. The quantitative estimate of drug-likeness (QED) is 0.634. The van der Waals surface area contributed by atoms with E-state index >= 15 is 0 Å². The summed E-state index contributed by atoms with van der Waals surface area (Å²) in [5, 5.41) is 0.277. The number of para-hydroxylation sites is 1. The summed E-state index contributed by atoms with van der Waals surface area (Å²) >= 11 is 0. The summed E-state index contributed by atoms with van der Waals surface area (Å²) < 4.78 is 35.4. The lowest BCUT2D eigenvalue weighted by Crippen LogP contribution is -2.51. The van der Waals surface area contributed by atoms with Crippen LogP contribution in [-0.4, -0.2) is 73.7 Å². The van der Waals surface area contributed by atoms with Crippen LogP contribution in [0.5, 0.6) is 0 Å². The van der Waals surface area contributed by atoms with Gasteiger partial charge >= 0.3 is 0 Å². The number of nitrogens with zero attached hydrogens (tertiary/aromatic N) is 3. The van der Waals surface area contributed by atoms with E-state index < -0.39 is 33.4 Å². The van der Waals surface area contributed by atoms with Crippen LogP contribution in [0.4, 0.5) is 0 Å². The predicted octanol–water partition coefficient (Wildman–Crippen LogP) is -0.338. The van der Waals surface area contributed by atoms with Crippen molar-refractivity contribution in [2.45, 2.75) is 13.2 Å². The van der Waals surface area contributed by atoms with Gasteiger partial charge in [0.25, 0.3) is 11.5 Å². The zero-order chi connectivity index (χ0) is 20.3. The topological polar surface area (TPSA) is 117 Å². The fourth-order valence-corrected chi connectivity index (χ4v) is 3.60. The summed E-state index contributed by atoms with van der Waals surface area (Å²) in [6, 6.07) is 6.51. The lowest BCUT2D eigenvalue weighted by atomic mass is 10.2. The summed E-state index contributed by atoms with van der Waals surface area (Å²) in [7, 11) is -3.59. The van der Waals surface area contributed by atoms with Gasteiger partial charge in [-0.25, -0.2) is 13.4 Å². The zero-order valence-corrected chi connectivity index (χ0v) is 16.3. The highest BCUT2D eigenvalue weighted by Gasteiger charge is 2.33. The molecule has 0 N–H and O–H groups in total. The SMILES string of the molecule is CCOn1c(C(=O)N(CS(C)(=O)=O)C2COCCO2)nc2ccccc2c1=O. The van der Waals surface area contributed by atoms with Gasteiger partial charge in [0.05, 0.1) is 30.7 Å². The number of hydrogen-bond acceptors (Lipinski definition) is 8. The number of amides is 1. The van der Waals surface area contributed by atoms with E-state index in [0.29, 0.717) is 12.1 Å². The van der Waals surface area contributed by atoms with Gasteiger partial charge in [-0.05, 0) is 19.1 Å². The lowest BCUT2D eigenvalue weighted by molar-refractivity contribution is -0.138. The average molecular weight is 411 g/mol. The first-order valence-electron chi connectivity index (χ1n) is 8.65. The molecule has 0 radical (unpaired) electrons. The van der Waals surface area contributed by atoms with Crippen LogP contribution < -0.4 is 10.4 Å². The van der Waals surface area contributed by atoms with E-state index in [1.54, 1.807) is 31.2 Å². The van der Waals surface area contributed by atoms with Gasteiger partial charge in [0.15, 0.2) is 16.1 Å². The first kappa shape index (κ1) is 20.2. The Kier molecular flexibility index (Phi) is 5.96. The van der Waals surface area contributed by atoms with Crippen LogP contribution in [0.1, 0.15) is 17.5 Å². The maximum atomic E-state index is 13.2. The lowest BCUT2D eigenvalue weighted by Gasteiger charge is -2.33. The van der Waals surface area contributed by atoms with Crippen LogP contribution in [0, 0.1) is 0 Å². The van der Waals surface area contributed by atoms with Gasteiger partial charge in [-0.15, -0.1) is 4.73 Å². The molecule has 1 amide bonds. The molecule has 1 saturated heterocycles. The van der Waals surface area contributed by atoms with Crippen LogP contribution in [0.3, 0.4) is 0 Å². The van der Waals surface area contributed by atoms with Crippen molar-refractivity contribution in [3.05, 3.63) is 40.4 Å². The Hall–Kier alpha value is -2.50. The van der Waals surface area contributed by atoms with Crippen LogP contribution in [0.2, 0.25) is 0 Å². The van der Waals surface area contributed by atoms with Crippen molar-refractivity contribution in [2.75, 3.05) is 38.6 Å².